The normalized spacial score (nSPS) is 14.6. The van der Waals surface area contributed by atoms with Crippen molar-refractivity contribution in [3.63, 3.8) is 0 Å². The summed E-state index contributed by atoms with van der Waals surface area (Å²) in [7, 11) is 0. The topological polar surface area (TPSA) is 54.3 Å². The zero-order chi connectivity index (χ0) is 21.8. The molecule has 5 rings (SSSR count). The number of piperazine rings is 1. The van der Waals surface area contributed by atoms with Crippen molar-refractivity contribution in [2.45, 2.75) is 13.1 Å². The molecule has 0 N–H and O–H groups in total. The average molecular weight is 444 g/mol. The third-order valence-corrected chi connectivity index (χ3v) is 6.49. The predicted octanol–water partition coefficient (Wildman–Crippen LogP) is 4.01. The summed E-state index contributed by atoms with van der Waals surface area (Å²) in [5.41, 5.74) is 4.68. The summed E-state index contributed by atoms with van der Waals surface area (Å²) in [4.78, 5) is 22.1. The van der Waals surface area contributed by atoms with Gasteiger partial charge in [0.15, 0.2) is 0 Å². The quantitative estimate of drug-likeness (QED) is 0.452. The minimum atomic E-state index is 0.0401. The van der Waals surface area contributed by atoms with Gasteiger partial charge in [-0.2, -0.15) is 16.4 Å². The summed E-state index contributed by atoms with van der Waals surface area (Å²) in [5.74, 6) is 0.0401. The van der Waals surface area contributed by atoms with Crippen molar-refractivity contribution in [2.75, 3.05) is 26.2 Å². The van der Waals surface area contributed by atoms with Crippen molar-refractivity contribution in [3.8, 4) is 11.3 Å². The van der Waals surface area contributed by atoms with Crippen LogP contribution in [0.3, 0.4) is 0 Å². The molecule has 1 fully saturated rings. The van der Waals surface area contributed by atoms with Crippen LogP contribution in [0, 0.1) is 0 Å². The van der Waals surface area contributed by atoms with Crippen LogP contribution in [0.2, 0.25) is 0 Å². The molecule has 3 aromatic heterocycles. The molecule has 0 atom stereocenters. The largest absolute Gasteiger partial charge is 0.336 e. The SMILES string of the molecule is O=C(c1cn(Cc2ccccc2)nc1-c1cccnc1)N1CCN(Cc2ccsc2)CC1. The monoisotopic (exact) mass is 443 g/mol. The number of carbonyl (C=O) groups excluding carboxylic acids is 1. The minimum Gasteiger partial charge on any atom is -0.336 e. The van der Waals surface area contributed by atoms with Gasteiger partial charge in [-0.25, -0.2) is 0 Å². The average Bonchev–Trinajstić information content (AvgIpc) is 3.50. The number of nitrogens with zero attached hydrogens (tertiary/aromatic N) is 5. The fraction of sp³-hybridized carbons (Fsp3) is 0.240. The van der Waals surface area contributed by atoms with Gasteiger partial charge in [0, 0.05) is 56.9 Å². The standard InChI is InChI=1S/C25H25N5OS/c31-25(29-12-10-28(11-13-29)16-21-8-14-32-19-21)23-18-30(17-20-5-2-1-3-6-20)27-24(23)22-7-4-9-26-15-22/h1-9,14-15,18-19H,10-13,16-17H2. The highest BCUT2D eigenvalue weighted by atomic mass is 32.1. The van der Waals surface area contributed by atoms with Gasteiger partial charge >= 0.3 is 0 Å². The van der Waals surface area contributed by atoms with Crippen LogP contribution in [0.15, 0.2) is 77.9 Å². The Morgan fingerprint density at radius 2 is 1.78 bits per heavy atom. The van der Waals surface area contributed by atoms with Gasteiger partial charge in [-0.3, -0.25) is 19.4 Å². The van der Waals surface area contributed by atoms with E-state index in [1.165, 1.54) is 5.56 Å². The molecule has 1 aliphatic rings. The second-order valence-corrected chi connectivity index (χ2v) is 8.80. The molecule has 1 aliphatic heterocycles. The maximum absolute atomic E-state index is 13.5. The molecule has 0 spiro atoms. The molecular formula is C25H25N5OS. The summed E-state index contributed by atoms with van der Waals surface area (Å²) in [6, 6.07) is 16.2. The lowest BCUT2D eigenvalue weighted by Crippen LogP contribution is -2.48. The first-order chi connectivity index (χ1) is 15.8. The highest BCUT2D eigenvalue weighted by Crippen LogP contribution is 2.24. The third-order valence-electron chi connectivity index (χ3n) is 5.76. The molecule has 0 bridgehead atoms. The number of aromatic nitrogens is 3. The van der Waals surface area contributed by atoms with E-state index in [9.17, 15) is 4.79 Å². The molecule has 0 radical (unpaired) electrons. The van der Waals surface area contributed by atoms with Crippen LogP contribution in [-0.4, -0.2) is 56.7 Å². The van der Waals surface area contributed by atoms with Crippen molar-refractivity contribution in [2.24, 2.45) is 0 Å². The molecule has 0 aliphatic carbocycles. The Kier molecular flexibility index (Phi) is 6.09. The van der Waals surface area contributed by atoms with E-state index in [1.54, 1.807) is 23.7 Å². The second-order valence-electron chi connectivity index (χ2n) is 8.02. The Morgan fingerprint density at radius 1 is 0.938 bits per heavy atom. The smallest absolute Gasteiger partial charge is 0.257 e. The lowest BCUT2D eigenvalue weighted by atomic mass is 10.1. The van der Waals surface area contributed by atoms with Crippen LogP contribution in [0.25, 0.3) is 11.3 Å². The van der Waals surface area contributed by atoms with E-state index >= 15 is 0 Å². The molecule has 1 saturated heterocycles. The Labute approximate surface area is 191 Å². The summed E-state index contributed by atoms with van der Waals surface area (Å²) >= 11 is 1.73. The van der Waals surface area contributed by atoms with E-state index < -0.39 is 0 Å². The predicted molar refractivity (Wildman–Crippen MR) is 127 cm³/mol. The minimum absolute atomic E-state index is 0.0401. The van der Waals surface area contributed by atoms with Gasteiger partial charge in [0.25, 0.3) is 5.91 Å². The van der Waals surface area contributed by atoms with Gasteiger partial charge in [-0.1, -0.05) is 30.3 Å². The number of hydrogen-bond donors (Lipinski definition) is 0. The van der Waals surface area contributed by atoms with Crippen LogP contribution in [-0.2, 0) is 13.1 Å². The third kappa shape index (κ3) is 4.64. The molecule has 1 aromatic carbocycles. The molecule has 32 heavy (non-hydrogen) atoms. The first-order valence-electron chi connectivity index (χ1n) is 10.8. The Bertz CT molecular complexity index is 1150. The molecule has 6 nitrogen and oxygen atoms in total. The summed E-state index contributed by atoms with van der Waals surface area (Å²) < 4.78 is 1.86. The van der Waals surface area contributed by atoms with Gasteiger partial charge in [-0.15, -0.1) is 0 Å². The zero-order valence-corrected chi connectivity index (χ0v) is 18.6. The summed E-state index contributed by atoms with van der Waals surface area (Å²) in [6.07, 6.45) is 5.39. The summed E-state index contributed by atoms with van der Waals surface area (Å²) in [6.45, 7) is 4.76. The van der Waals surface area contributed by atoms with E-state index in [2.05, 4.69) is 38.8 Å². The van der Waals surface area contributed by atoms with Gasteiger partial charge in [0.1, 0.15) is 5.69 Å². The number of hydrogen-bond acceptors (Lipinski definition) is 5. The first kappa shape index (κ1) is 20.6. The van der Waals surface area contributed by atoms with Gasteiger partial charge in [0.2, 0.25) is 0 Å². The molecule has 4 aromatic rings. The van der Waals surface area contributed by atoms with Crippen LogP contribution in [0.5, 0.6) is 0 Å². The van der Waals surface area contributed by atoms with E-state index in [-0.39, 0.29) is 5.91 Å². The summed E-state index contributed by atoms with van der Waals surface area (Å²) in [5, 5.41) is 9.08. The van der Waals surface area contributed by atoms with Crippen molar-refractivity contribution < 1.29 is 4.79 Å². The number of pyridine rings is 1. The van der Waals surface area contributed by atoms with E-state index in [1.807, 2.05) is 46.1 Å². The molecule has 0 unspecified atom stereocenters. The molecule has 0 saturated carbocycles. The van der Waals surface area contributed by atoms with E-state index in [0.717, 1.165) is 43.9 Å². The lowest BCUT2D eigenvalue weighted by molar-refractivity contribution is 0.0629. The van der Waals surface area contributed by atoms with Crippen molar-refractivity contribution in [1.29, 1.82) is 0 Å². The lowest BCUT2D eigenvalue weighted by Gasteiger charge is -2.34. The molecule has 1 amide bonds. The molecular weight excluding hydrogens is 418 g/mol. The van der Waals surface area contributed by atoms with E-state index in [0.29, 0.717) is 17.8 Å². The highest BCUT2D eigenvalue weighted by molar-refractivity contribution is 7.07. The number of thiophene rings is 1. The van der Waals surface area contributed by atoms with Crippen LogP contribution in [0.4, 0.5) is 0 Å². The van der Waals surface area contributed by atoms with Crippen molar-refractivity contribution >= 4 is 17.2 Å². The van der Waals surface area contributed by atoms with Crippen LogP contribution >= 0.6 is 11.3 Å². The number of amides is 1. The molecule has 4 heterocycles. The molecule has 162 valence electrons. The van der Waals surface area contributed by atoms with Crippen LogP contribution in [0.1, 0.15) is 21.5 Å². The van der Waals surface area contributed by atoms with Crippen LogP contribution < -0.4 is 0 Å². The Hall–Kier alpha value is -3.29. The number of rotatable bonds is 6. The fourth-order valence-corrected chi connectivity index (χ4v) is 4.73. The second kappa shape index (κ2) is 9.46. The maximum Gasteiger partial charge on any atom is 0.257 e. The van der Waals surface area contributed by atoms with Crippen molar-refractivity contribution in [3.05, 3.63) is 94.6 Å². The van der Waals surface area contributed by atoms with E-state index in [4.69, 9.17) is 5.10 Å². The Balaban J connectivity index is 1.35. The molecule has 7 heteroatoms. The number of carbonyl (C=O) groups is 1. The zero-order valence-electron chi connectivity index (χ0n) is 17.8. The fourth-order valence-electron chi connectivity index (χ4n) is 4.07. The van der Waals surface area contributed by atoms with Gasteiger partial charge in [0.05, 0.1) is 12.1 Å². The van der Waals surface area contributed by atoms with Gasteiger partial charge in [-0.05, 0) is 40.1 Å². The van der Waals surface area contributed by atoms with Crippen molar-refractivity contribution in [1.82, 2.24) is 24.6 Å². The highest BCUT2D eigenvalue weighted by Gasteiger charge is 2.26. The first-order valence-corrected chi connectivity index (χ1v) is 11.7. The number of benzene rings is 1. The Morgan fingerprint density at radius 3 is 2.50 bits per heavy atom. The van der Waals surface area contributed by atoms with Gasteiger partial charge < -0.3 is 4.90 Å². The maximum atomic E-state index is 13.5.